The molecule has 0 radical (unpaired) electrons. The molecule has 2 aromatic carbocycles. The van der Waals surface area contributed by atoms with Crippen molar-refractivity contribution in [3.05, 3.63) is 65.2 Å². The normalized spacial score (nSPS) is 10.6. The van der Waals surface area contributed by atoms with Gasteiger partial charge in [-0.2, -0.15) is 5.10 Å². The Morgan fingerprint density at radius 1 is 1.19 bits per heavy atom. The average Bonchev–Trinajstić information content (AvgIpc) is 2.50. The van der Waals surface area contributed by atoms with Crippen LogP contribution in [0.4, 0.5) is 8.78 Å². The predicted molar refractivity (Wildman–Crippen MR) is 74.4 cm³/mol. The Hall–Kier alpha value is -2.76. The van der Waals surface area contributed by atoms with E-state index in [0.717, 1.165) is 24.4 Å². The van der Waals surface area contributed by atoms with E-state index in [0.29, 0.717) is 11.3 Å². The van der Waals surface area contributed by atoms with Gasteiger partial charge in [-0.15, -0.1) is 0 Å². The van der Waals surface area contributed by atoms with E-state index in [4.69, 9.17) is 4.74 Å². The number of hydrazone groups is 1. The molecule has 1 N–H and O–H groups in total. The maximum absolute atomic E-state index is 13.3. The Bertz CT molecular complexity index is 670. The maximum atomic E-state index is 13.3. The van der Waals surface area contributed by atoms with E-state index in [1.54, 1.807) is 24.3 Å². The Kier molecular flexibility index (Phi) is 4.61. The van der Waals surface area contributed by atoms with Crippen LogP contribution < -0.4 is 10.2 Å². The topological polar surface area (TPSA) is 50.7 Å². The first kappa shape index (κ1) is 14.6. The smallest absolute Gasteiger partial charge is 0.271 e. The van der Waals surface area contributed by atoms with Gasteiger partial charge < -0.3 is 4.74 Å². The fourth-order valence-electron chi connectivity index (χ4n) is 1.58. The predicted octanol–water partition coefficient (Wildman–Crippen LogP) is 2.74. The number of carbonyl (C=O) groups is 1. The lowest BCUT2D eigenvalue weighted by atomic mass is 10.2. The second-order valence-electron chi connectivity index (χ2n) is 4.09. The van der Waals surface area contributed by atoms with Crippen LogP contribution in [0.1, 0.15) is 15.9 Å². The zero-order valence-electron chi connectivity index (χ0n) is 11.1. The summed E-state index contributed by atoms with van der Waals surface area (Å²) < 4.78 is 31.2. The van der Waals surface area contributed by atoms with E-state index >= 15 is 0 Å². The number of halogens is 2. The summed E-state index contributed by atoms with van der Waals surface area (Å²) in [6.45, 7) is 0. The van der Waals surface area contributed by atoms with E-state index in [1.165, 1.54) is 7.11 Å². The minimum Gasteiger partial charge on any atom is -0.497 e. The molecular weight excluding hydrogens is 278 g/mol. The summed E-state index contributed by atoms with van der Waals surface area (Å²) in [5.41, 5.74) is 2.55. The molecule has 0 spiro atoms. The second kappa shape index (κ2) is 6.60. The number of ether oxygens (including phenoxy) is 1. The SMILES string of the molecule is COc1ccc(C(=O)N/N=C/c2cc(F)ccc2F)cc1. The number of nitrogens with zero attached hydrogens (tertiary/aromatic N) is 1. The van der Waals surface area contributed by atoms with E-state index in [2.05, 4.69) is 10.5 Å². The highest BCUT2D eigenvalue weighted by Gasteiger charge is 2.05. The molecule has 0 atom stereocenters. The van der Waals surface area contributed by atoms with Crippen molar-refractivity contribution >= 4 is 12.1 Å². The summed E-state index contributed by atoms with van der Waals surface area (Å²) in [6.07, 6.45) is 1.04. The highest BCUT2D eigenvalue weighted by molar-refractivity contribution is 5.95. The molecule has 6 heteroatoms. The molecule has 108 valence electrons. The number of carbonyl (C=O) groups excluding carboxylic acids is 1. The number of hydrogen-bond donors (Lipinski definition) is 1. The molecule has 0 unspecified atom stereocenters. The number of benzene rings is 2. The van der Waals surface area contributed by atoms with Crippen molar-refractivity contribution in [2.75, 3.05) is 7.11 Å². The molecule has 0 aliphatic carbocycles. The van der Waals surface area contributed by atoms with Crippen LogP contribution in [-0.2, 0) is 0 Å². The van der Waals surface area contributed by atoms with Crippen LogP contribution in [0.25, 0.3) is 0 Å². The van der Waals surface area contributed by atoms with Crippen molar-refractivity contribution < 1.29 is 18.3 Å². The fraction of sp³-hybridized carbons (Fsp3) is 0.0667. The first-order valence-corrected chi connectivity index (χ1v) is 6.02. The van der Waals surface area contributed by atoms with Crippen molar-refractivity contribution in [1.82, 2.24) is 5.43 Å². The number of amides is 1. The molecule has 0 aliphatic rings. The van der Waals surface area contributed by atoms with Crippen molar-refractivity contribution in [3.8, 4) is 5.75 Å². The average molecular weight is 290 g/mol. The Morgan fingerprint density at radius 3 is 2.57 bits per heavy atom. The Labute approximate surface area is 120 Å². The van der Waals surface area contributed by atoms with E-state index in [9.17, 15) is 13.6 Å². The van der Waals surface area contributed by atoms with Crippen molar-refractivity contribution in [1.29, 1.82) is 0 Å². The van der Waals surface area contributed by atoms with E-state index in [-0.39, 0.29) is 5.56 Å². The monoisotopic (exact) mass is 290 g/mol. The van der Waals surface area contributed by atoms with Gasteiger partial charge >= 0.3 is 0 Å². The first-order valence-electron chi connectivity index (χ1n) is 6.02. The number of nitrogens with one attached hydrogen (secondary N) is 1. The van der Waals surface area contributed by atoms with Crippen LogP contribution >= 0.6 is 0 Å². The molecule has 0 bridgehead atoms. The number of methoxy groups -OCH3 is 1. The van der Waals surface area contributed by atoms with Crippen molar-refractivity contribution in [2.24, 2.45) is 5.10 Å². The zero-order chi connectivity index (χ0) is 15.2. The van der Waals surface area contributed by atoms with Gasteiger partial charge in [-0.1, -0.05) is 0 Å². The largest absolute Gasteiger partial charge is 0.497 e. The highest BCUT2D eigenvalue weighted by atomic mass is 19.1. The number of rotatable bonds is 4. The molecule has 2 rings (SSSR count). The number of hydrogen-bond acceptors (Lipinski definition) is 3. The van der Waals surface area contributed by atoms with E-state index < -0.39 is 17.5 Å². The fourth-order valence-corrected chi connectivity index (χ4v) is 1.58. The summed E-state index contributed by atoms with van der Waals surface area (Å²) in [7, 11) is 1.52. The quantitative estimate of drug-likeness (QED) is 0.695. The molecule has 21 heavy (non-hydrogen) atoms. The molecule has 4 nitrogen and oxygen atoms in total. The summed E-state index contributed by atoms with van der Waals surface area (Å²) in [5, 5.41) is 3.60. The Morgan fingerprint density at radius 2 is 1.90 bits per heavy atom. The minimum atomic E-state index is -0.626. The summed E-state index contributed by atoms with van der Waals surface area (Å²) >= 11 is 0. The lowest BCUT2D eigenvalue weighted by Gasteiger charge is -2.02. The molecule has 1 amide bonds. The maximum Gasteiger partial charge on any atom is 0.271 e. The lowest BCUT2D eigenvalue weighted by Crippen LogP contribution is -2.17. The molecule has 2 aromatic rings. The molecule has 0 aliphatic heterocycles. The van der Waals surface area contributed by atoms with Gasteiger partial charge in [0.2, 0.25) is 0 Å². The van der Waals surface area contributed by atoms with E-state index in [1.807, 2.05) is 0 Å². The van der Waals surface area contributed by atoms with Gasteiger partial charge in [-0.05, 0) is 42.5 Å². The van der Waals surface area contributed by atoms with Gasteiger partial charge in [-0.3, -0.25) is 4.79 Å². The van der Waals surface area contributed by atoms with Gasteiger partial charge in [0.05, 0.1) is 13.3 Å². The molecule has 0 saturated carbocycles. The molecular formula is C15H12F2N2O2. The van der Waals surface area contributed by atoms with Gasteiger partial charge in [0.25, 0.3) is 5.91 Å². The third-order valence-corrected chi connectivity index (χ3v) is 2.68. The first-order chi connectivity index (χ1) is 10.1. The van der Waals surface area contributed by atoms with Crippen LogP contribution in [0.5, 0.6) is 5.75 Å². The third-order valence-electron chi connectivity index (χ3n) is 2.68. The van der Waals surface area contributed by atoms with Crippen LogP contribution in [0, 0.1) is 11.6 Å². The van der Waals surface area contributed by atoms with Gasteiger partial charge in [-0.25, -0.2) is 14.2 Å². The minimum absolute atomic E-state index is 0.0509. The van der Waals surface area contributed by atoms with Crippen LogP contribution in [-0.4, -0.2) is 19.2 Å². The van der Waals surface area contributed by atoms with Crippen LogP contribution in [0.15, 0.2) is 47.6 Å². The summed E-state index contributed by atoms with van der Waals surface area (Å²) in [5.74, 6) is -1.05. The third kappa shape index (κ3) is 3.85. The molecule has 0 heterocycles. The van der Waals surface area contributed by atoms with Gasteiger partial charge in [0.1, 0.15) is 17.4 Å². The highest BCUT2D eigenvalue weighted by Crippen LogP contribution is 2.11. The zero-order valence-corrected chi connectivity index (χ0v) is 11.1. The lowest BCUT2D eigenvalue weighted by molar-refractivity contribution is 0.0955. The molecule has 0 fully saturated rings. The molecule has 0 aromatic heterocycles. The second-order valence-corrected chi connectivity index (χ2v) is 4.09. The van der Waals surface area contributed by atoms with Crippen LogP contribution in [0.3, 0.4) is 0 Å². The van der Waals surface area contributed by atoms with Crippen molar-refractivity contribution in [2.45, 2.75) is 0 Å². The molecule has 0 saturated heterocycles. The van der Waals surface area contributed by atoms with Crippen molar-refractivity contribution in [3.63, 3.8) is 0 Å². The summed E-state index contributed by atoms with van der Waals surface area (Å²) in [4.78, 5) is 11.8. The van der Waals surface area contributed by atoms with Gasteiger partial charge in [0.15, 0.2) is 0 Å². The Balaban J connectivity index is 2.02. The summed E-state index contributed by atoms with van der Waals surface area (Å²) in [6, 6.07) is 9.36. The van der Waals surface area contributed by atoms with Crippen LogP contribution in [0.2, 0.25) is 0 Å². The van der Waals surface area contributed by atoms with Gasteiger partial charge in [0, 0.05) is 11.1 Å². The standard InChI is InChI=1S/C15H12F2N2O2/c1-21-13-5-2-10(3-6-13)15(20)19-18-9-11-8-12(16)4-7-14(11)17/h2-9H,1H3,(H,19,20)/b18-9+.